The van der Waals surface area contributed by atoms with E-state index in [-0.39, 0.29) is 6.04 Å². The van der Waals surface area contributed by atoms with Crippen molar-refractivity contribution in [3.63, 3.8) is 0 Å². The molecule has 1 aromatic carbocycles. The Morgan fingerprint density at radius 1 is 1.27 bits per heavy atom. The van der Waals surface area contributed by atoms with E-state index in [0.29, 0.717) is 13.1 Å². The molecule has 6 nitrogen and oxygen atoms in total. The number of fused-ring (bicyclic) bond motifs is 1. The summed E-state index contributed by atoms with van der Waals surface area (Å²) in [6.07, 6.45) is 2.36. The lowest BCUT2D eigenvalue weighted by Gasteiger charge is -2.35. The highest BCUT2D eigenvalue weighted by Crippen LogP contribution is 2.28. The second-order valence-corrected chi connectivity index (χ2v) is 7.11. The maximum Gasteiger partial charge on any atom is 0.150 e. The first-order chi connectivity index (χ1) is 12.7. The lowest BCUT2D eigenvalue weighted by molar-refractivity contribution is 0.127. The van der Waals surface area contributed by atoms with Gasteiger partial charge < -0.3 is 10.7 Å². The standard InChI is InChI=1S/C19H25FN6/c1-25-11-15-18(21-13-22-19(15)24-25)23-17-8-10-26(12-16(17)20)9-7-14-5-3-2-4-6-14/h2-6,13,16-17H,7-12H2,1H3,(H2,21,22,23,24)/t16-,17-/m1/s1. The molecule has 0 radical (unpaired) electrons. The third-order valence-corrected chi connectivity index (χ3v) is 5.14. The Morgan fingerprint density at radius 2 is 2.12 bits per heavy atom. The number of hydrogen-bond acceptors (Lipinski definition) is 6. The number of nitrogens with zero attached hydrogens (tertiary/aromatic N) is 4. The Morgan fingerprint density at radius 3 is 2.92 bits per heavy atom. The molecule has 2 aliphatic rings. The van der Waals surface area contributed by atoms with Gasteiger partial charge in [-0.15, -0.1) is 0 Å². The second kappa shape index (κ2) is 7.55. The molecule has 2 N–H and O–H groups in total. The third-order valence-electron chi connectivity index (χ3n) is 5.14. The summed E-state index contributed by atoms with van der Waals surface area (Å²) >= 11 is 0. The number of piperidine rings is 1. The predicted molar refractivity (Wildman–Crippen MR) is 101 cm³/mol. The predicted octanol–water partition coefficient (Wildman–Crippen LogP) is 2.32. The Hall–Kier alpha value is -2.25. The van der Waals surface area contributed by atoms with Crippen molar-refractivity contribution in [2.24, 2.45) is 0 Å². The smallest absolute Gasteiger partial charge is 0.150 e. The molecule has 2 atom stereocenters. The van der Waals surface area contributed by atoms with Crippen molar-refractivity contribution in [3.8, 4) is 0 Å². The molecule has 4 rings (SSSR count). The van der Waals surface area contributed by atoms with Crippen LogP contribution in [0.15, 0.2) is 36.7 Å². The topological polar surface area (TPSA) is 56.3 Å². The number of alkyl halides is 1. The van der Waals surface area contributed by atoms with E-state index in [1.807, 2.05) is 18.1 Å². The van der Waals surface area contributed by atoms with E-state index in [4.69, 9.17) is 0 Å². The number of nitrogens with one attached hydrogen (secondary N) is 2. The molecule has 0 bridgehead atoms. The van der Waals surface area contributed by atoms with Crippen LogP contribution in [0, 0.1) is 0 Å². The lowest BCUT2D eigenvalue weighted by Crippen LogP contribution is -2.48. The second-order valence-electron chi connectivity index (χ2n) is 7.11. The minimum atomic E-state index is -0.905. The zero-order valence-corrected chi connectivity index (χ0v) is 15.0. The molecule has 1 fully saturated rings. The summed E-state index contributed by atoms with van der Waals surface area (Å²) in [6, 6.07) is 10.2. The summed E-state index contributed by atoms with van der Waals surface area (Å²) in [6.45, 7) is 2.98. The average Bonchev–Trinajstić information content (AvgIpc) is 3.04. The maximum atomic E-state index is 14.8. The van der Waals surface area contributed by atoms with Gasteiger partial charge in [-0.3, -0.25) is 4.90 Å². The quantitative estimate of drug-likeness (QED) is 0.858. The molecule has 0 unspecified atom stereocenters. The molecule has 0 saturated carbocycles. The maximum absolute atomic E-state index is 14.8. The normalized spacial score (nSPS) is 23.5. The SMILES string of the molecule is CN1Cc2c(N[C@@H]3CCN(CCc4ccccc4)C[C@H]3F)ncnc2N1. The van der Waals surface area contributed by atoms with E-state index in [2.05, 4.69) is 49.9 Å². The number of benzene rings is 1. The largest absolute Gasteiger partial charge is 0.364 e. The van der Waals surface area contributed by atoms with Crippen molar-refractivity contribution in [1.29, 1.82) is 0 Å². The van der Waals surface area contributed by atoms with Gasteiger partial charge >= 0.3 is 0 Å². The molecule has 1 aromatic heterocycles. The summed E-state index contributed by atoms with van der Waals surface area (Å²) in [5.41, 5.74) is 5.48. The van der Waals surface area contributed by atoms with Crippen molar-refractivity contribution < 1.29 is 4.39 Å². The van der Waals surface area contributed by atoms with Crippen LogP contribution in [0.5, 0.6) is 0 Å². The Labute approximate surface area is 153 Å². The highest BCUT2D eigenvalue weighted by Gasteiger charge is 2.31. The van der Waals surface area contributed by atoms with Crippen LogP contribution in [0.25, 0.3) is 0 Å². The molecular formula is C19H25FN6. The minimum absolute atomic E-state index is 0.201. The first-order valence-electron chi connectivity index (χ1n) is 9.17. The molecule has 0 spiro atoms. The molecule has 2 aromatic rings. The van der Waals surface area contributed by atoms with Gasteiger partial charge in [-0.25, -0.2) is 19.4 Å². The number of hydrogen-bond donors (Lipinski definition) is 2. The van der Waals surface area contributed by atoms with Crippen LogP contribution in [-0.4, -0.2) is 58.8 Å². The first-order valence-corrected chi connectivity index (χ1v) is 9.17. The summed E-state index contributed by atoms with van der Waals surface area (Å²) in [4.78, 5) is 10.8. The average molecular weight is 356 g/mol. The van der Waals surface area contributed by atoms with Gasteiger partial charge in [0.05, 0.1) is 18.2 Å². The molecule has 0 amide bonds. The number of hydrazine groups is 1. The van der Waals surface area contributed by atoms with Crippen molar-refractivity contribution in [2.45, 2.75) is 31.6 Å². The third kappa shape index (κ3) is 3.78. The lowest BCUT2D eigenvalue weighted by atomic mass is 10.0. The molecule has 3 heterocycles. The van der Waals surface area contributed by atoms with E-state index in [1.54, 1.807) is 0 Å². The molecule has 138 valence electrons. The molecular weight excluding hydrogens is 331 g/mol. The fourth-order valence-corrected chi connectivity index (χ4v) is 3.68. The van der Waals surface area contributed by atoms with E-state index < -0.39 is 6.17 Å². The summed E-state index contributed by atoms with van der Waals surface area (Å²) in [5, 5.41) is 5.27. The summed E-state index contributed by atoms with van der Waals surface area (Å²) < 4.78 is 14.8. The Bertz CT molecular complexity index is 740. The minimum Gasteiger partial charge on any atom is -0.364 e. The molecule has 26 heavy (non-hydrogen) atoms. The molecule has 2 aliphatic heterocycles. The van der Waals surface area contributed by atoms with E-state index in [0.717, 1.165) is 43.1 Å². The fraction of sp³-hybridized carbons (Fsp3) is 0.474. The van der Waals surface area contributed by atoms with Gasteiger partial charge in [0.25, 0.3) is 0 Å². The first kappa shape index (κ1) is 17.2. The number of anilines is 2. The van der Waals surface area contributed by atoms with Gasteiger partial charge in [0.15, 0.2) is 5.82 Å². The number of likely N-dealkylation sites (tertiary alicyclic amines) is 1. The molecule has 7 heteroatoms. The summed E-state index contributed by atoms with van der Waals surface area (Å²) in [7, 11) is 1.95. The van der Waals surface area contributed by atoms with Crippen LogP contribution >= 0.6 is 0 Å². The van der Waals surface area contributed by atoms with Crippen LogP contribution in [0.3, 0.4) is 0 Å². The fourth-order valence-electron chi connectivity index (χ4n) is 3.68. The van der Waals surface area contributed by atoms with Gasteiger partial charge in [-0.05, 0) is 18.4 Å². The zero-order valence-electron chi connectivity index (χ0n) is 15.0. The van der Waals surface area contributed by atoms with Crippen molar-refractivity contribution in [3.05, 3.63) is 47.8 Å². The van der Waals surface area contributed by atoms with Crippen molar-refractivity contribution >= 4 is 11.6 Å². The van der Waals surface area contributed by atoms with E-state index in [9.17, 15) is 4.39 Å². The molecule has 0 aliphatic carbocycles. The van der Waals surface area contributed by atoms with Crippen molar-refractivity contribution in [2.75, 3.05) is 37.4 Å². The molecule has 1 saturated heterocycles. The number of halogens is 1. The number of aromatic nitrogens is 2. The van der Waals surface area contributed by atoms with Gasteiger partial charge in [-0.2, -0.15) is 0 Å². The van der Waals surface area contributed by atoms with Crippen LogP contribution in [0.4, 0.5) is 16.0 Å². The monoisotopic (exact) mass is 356 g/mol. The zero-order chi connectivity index (χ0) is 17.9. The van der Waals surface area contributed by atoms with Crippen LogP contribution in [0.1, 0.15) is 17.5 Å². The van der Waals surface area contributed by atoms with Gasteiger partial charge in [0, 0.05) is 26.7 Å². The van der Waals surface area contributed by atoms with Crippen LogP contribution in [-0.2, 0) is 13.0 Å². The van der Waals surface area contributed by atoms with E-state index in [1.165, 1.54) is 11.9 Å². The number of rotatable bonds is 5. The Balaban J connectivity index is 1.33. The van der Waals surface area contributed by atoms with Gasteiger partial charge in [-0.1, -0.05) is 30.3 Å². The van der Waals surface area contributed by atoms with Gasteiger partial charge in [0.2, 0.25) is 0 Å². The van der Waals surface area contributed by atoms with Gasteiger partial charge in [0.1, 0.15) is 18.3 Å². The Kier molecular flexibility index (Phi) is 4.99. The van der Waals surface area contributed by atoms with E-state index >= 15 is 0 Å². The van der Waals surface area contributed by atoms with Crippen LogP contribution < -0.4 is 10.7 Å². The van der Waals surface area contributed by atoms with Crippen molar-refractivity contribution in [1.82, 2.24) is 19.9 Å². The van der Waals surface area contributed by atoms with Crippen LogP contribution in [0.2, 0.25) is 0 Å². The summed E-state index contributed by atoms with van der Waals surface area (Å²) in [5.74, 6) is 1.55. The highest BCUT2D eigenvalue weighted by atomic mass is 19.1. The highest BCUT2D eigenvalue weighted by molar-refractivity contribution is 5.59.